The summed E-state index contributed by atoms with van der Waals surface area (Å²) in [5, 5.41) is 0.404. The Morgan fingerprint density at radius 3 is 2.33 bits per heavy atom. The number of hydrogen-bond donors (Lipinski definition) is 0. The van der Waals surface area contributed by atoms with Gasteiger partial charge in [0, 0.05) is 64.6 Å². The van der Waals surface area contributed by atoms with Crippen molar-refractivity contribution in [2.24, 2.45) is 0 Å². The number of carbonyl (C=O) groups is 2. The average molecular weight is 436 g/mol. The maximum atomic E-state index is 12.9. The largest absolute Gasteiger partial charge is 0.480 e. The van der Waals surface area contributed by atoms with Crippen LogP contribution in [0.5, 0.6) is 5.88 Å². The molecule has 9 heteroatoms. The van der Waals surface area contributed by atoms with Gasteiger partial charge in [0.2, 0.25) is 11.8 Å². The molecular weight excluding hydrogens is 406 g/mol. The third kappa shape index (κ3) is 4.71. The van der Waals surface area contributed by atoms with Crippen LogP contribution in [0.4, 0.5) is 0 Å². The molecule has 0 N–H and O–H groups in total. The minimum absolute atomic E-state index is 0.139. The third-order valence-electron chi connectivity index (χ3n) is 6.52. The van der Waals surface area contributed by atoms with E-state index in [1.807, 2.05) is 4.90 Å². The summed E-state index contributed by atoms with van der Waals surface area (Å²) in [7, 11) is 1.49. The fourth-order valence-corrected chi connectivity index (χ4v) is 4.56. The van der Waals surface area contributed by atoms with Crippen molar-refractivity contribution in [2.75, 3.05) is 66.0 Å². The number of rotatable bonds is 5. The van der Waals surface area contributed by atoms with E-state index in [2.05, 4.69) is 14.8 Å². The normalized spacial score (nSPS) is 21.4. The van der Waals surface area contributed by atoms with Crippen LogP contribution in [0.1, 0.15) is 29.6 Å². The molecule has 0 aromatic carbocycles. The van der Waals surface area contributed by atoms with Gasteiger partial charge in [-0.25, -0.2) is 4.98 Å². The minimum Gasteiger partial charge on any atom is -0.480 e. The van der Waals surface area contributed by atoms with Crippen LogP contribution in [0.3, 0.4) is 0 Å². The molecule has 2 saturated heterocycles. The van der Waals surface area contributed by atoms with Gasteiger partial charge in [0.25, 0.3) is 5.91 Å². The van der Waals surface area contributed by atoms with E-state index in [4.69, 9.17) is 16.3 Å². The summed E-state index contributed by atoms with van der Waals surface area (Å²) in [6.07, 6.45) is 5.44. The summed E-state index contributed by atoms with van der Waals surface area (Å²) >= 11 is 6.01. The Kier molecular flexibility index (Phi) is 6.75. The average Bonchev–Trinajstić information content (AvgIpc) is 2.73. The standard InChI is InChI=1S/C21H30ClN5O3/c1-30-20-18(13-16(22)14-23-20)21(29)27-7-5-24(6-8-27)15-19(28)26-11-9-25(10-12-26)17-3-2-4-17/h13-14,17H,2-12,15H2,1H3. The van der Waals surface area contributed by atoms with Crippen LogP contribution in [-0.4, -0.2) is 108 Å². The van der Waals surface area contributed by atoms with E-state index in [9.17, 15) is 9.59 Å². The lowest BCUT2D eigenvalue weighted by molar-refractivity contribution is -0.135. The number of amides is 2. The number of aromatic nitrogens is 1. The molecule has 2 aliphatic heterocycles. The van der Waals surface area contributed by atoms with E-state index in [1.54, 1.807) is 11.0 Å². The number of piperazine rings is 2. The highest BCUT2D eigenvalue weighted by Gasteiger charge is 2.31. The van der Waals surface area contributed by atoms with E-state index >= 15 is 0 Å². The summed E-state index contributed by atoms with van der Waals surface area (Å²) in [5.74, 6) is 0.340. The topological polar surface area (TPSA) is 69.2 Å². The Morgan fingerprint density at radius 2 is 1.73 bits per heavy atom. The fourth-order valence-electron chi connectivity index (χ4n) is 4.40. The van der Waals surface area contributed by atoms with Gasteiger partial charge in [-0.1, -0.05) is 18.0 Å². The number of nitrogens with zero attached hydrogens (tertiary/aromatic N) is 5. The highest BCUT2D eigenvalue weighted by atomic mass is 35.5. The maximum absolute atomic E-state index is 12.9. The van der Waals surface area contributed by atoms with E-state index in [0.29, 0.717) is 43.3 Å². The SMILES string of the molecule is COc1ncc(Cl)cc1C(=O)N1CCN(CC(=O)N2CCN(C3CCC3)CC2)CC1. The molecule has 1 saturated carbocycles. The van der Waals surface area contributed by atoms with Crippen molar-refractivity contribution in [2.45, 2.75) is 25.3 Å². The van der Waals surface area contributed by atoms with Gasteiger partial charge in [0.05, 0.1) is 18.7 Å². The first kappa shape index (κ1) is 21.3. The van der Waals surface area contributed by atoms with E-state index < -0.39 is 0 Å². The second-order valence-corrected chi connectivity index (χ2v) is 8.72. The van der Waals surface area contributed by atoms with Gasteiger partial charge in [-0.3, -0.25) is 19.4 Å². The molecule has 4 rings (SSSR count). The molecule has 8 nitrogen and oxygen atoms in total. The predicted molar refractivity (Wildman–Crippen MR) is 114 cm³/mol. The van der Waals surface area contributed by atoms with Gasteiger partial charge in [-0.05, 0) is 18.9 Å². The van der Waals surface area contributed by atoms with Crippen molar-refractivity contribution in [3.05, 3.63) is 22.8 Å². The van der Waals surface area contributed by atoms with Crippen LogP contribution in [0, 0.1) is 0 Å². The predicted octanol–water partition coefficient (Wildman–Crippen LogP) is 1.20. The Hall–Kier alpha value is -1.90. The Bertz CT molecular complexity index is 772. The summed E-state index contributed by atoms with van der Waals surface area (Å²) in [5.41, 5.74) is 0.374. The number of ether oxygens (including phenoxy) is 1. The van der Waals surface area contributed by atoms with Crippen molar-refractivity contribution in [1.29, 1.82) is 0 Å². The maximum Gasteiger partial charge on any atom is 0.259 e. The molecule has 3 fully saturated rings. The summed E-state index contributed by atoms with van der Waals surface area (Å²) in [4.78, 5) is 38.1. The van der Waals surface area contributed by atoms with Crippen molar-refractivity contribution in [3.8, 4) is 5.88 Å². The molecule has 0 spiro atoms. The van der Waals surface area contributed by atoms with Crippen LogP contribution >= 0.6 is 11.6 Å². The molecule has 30 heavy (non-hydrogen) atoms. The second-order valence-electron chi connectivity index (χ2n) is 8.28. The molecule has 2 amide bonds. The highest BCUT2D eigenvalue weighted by Crippen LogP contribution is 2.25. The number of methoxy groups -OCH3 is 1. The number of carbonyl (C=O) groups excluding carboxylic acids is 2. The van der Waals surface area contributed by atoms with Gasteiger partial charge >= 0.3 is 0 Å². The van der Waals surface area contributed by atoms with Gasteiger partial charge in [-0.2, -0.15) is 0 Å². The molecule has 3 heterocycles. The zero-order valence-electron chi connectivity index (χ0n) is 17.6. The molecule has 0 atom stereocenters. The monoisotopic (exact) mass is 435 g/mol. The van der Waals surface area contributed by atoms with Gasteiger partial charge < -0.3 is 14.5 Å². The lowest BCUT2D eigenvalue weighted by Gasteiger charge is -2.43. The summed E-state index contributed by atoms with van der Waals surface area (Å²) < 4.78 is 5.20. The molecule has 1 aromatic rings. The van der Waals surface area contributed by atoms with Crippen molar-refractivity contribution >= 4 is 23.4 Å². The first-order valence-electron chi connectivity index (χ1n) is 10.8. The van der Waals surface area contributed by atoms with Crippen LogP contribution in [0.25, 0.3) is 0 Å². The highest BCUT2D eigenvalue weighted by molar-refractivity contribution is 6.30. The molecule has 1 aromatic heterocycles. The first-order valence-corrected chi connectivity index (χ1v) is 11.2. The van der Waals surface area contributed by atoms with Crippen molar-refractivity contribution in [3.63, 3.8) is 0 Å². The quantitative estimate of drug-likeness (QED) is 0.692. The number of halogens is 1. The zero-order valence-corrected chi connectivity index (χ0v) is 18.3. The van der Waals surface area contributed by atoms with Crippen LogP contribution < -0.4 is 4.74 Å². The van der Waals surface area contributed by atoms with Gasteiger partial charge in [-0.15, -0.1) is 0 Å². The van der Waals surface area contributed by atoms with Crippen molar-refractivity contribution < 1.29 is 14.3 Å². The summed E-state index contributed by atoms with van der Waals surface area (Å²) in [6.45, 7) is 6.56. The minimum atomic E-state index is -0.139. The molecule has 0 bridgehead atoms. The van der Waals surface area contributed by atoms with Gasteiger partial charge in [0.15, 0.2) is 0 Å². The molecule has 0 radical (unpaired) electrons. The Morgan fingerprint density at radius 1 is 1.07 bits per heavy atom. The Balaban J connectivity index is 1.24. The molecule has 164 valence electrons. The van der Waals surface area contributed by atoms with Crippen LogP contribution in [0.15, 0.2) is 12.3 Å². The molecular formula is C21H30ClN5O3. The molecule has 0 unspecified atom stereocenters. The van der Waals surface area contributed by atoms with Crippen LogP contribution in [-0.2, 0) is 4.79 Å². The Labute approximate surface area is 182 Å². The van der Waals surface area contributed by atoms with Crippen LogP contribution in [0.2, 0.25) is 5.02 Å². The molecule has 3 aliphatic rings. The second kappa shape index (κ2) is 9.49. The third-order valence-corrected chi connectivity index (χ3v) is 6.72. The smallest absolute Gasteiger partial charge is 0.259 e. The zero-order chi connectivity index (χ0) is 21.1. The van der Waals surface area contributed by atoms with E-state index in [-0.39, 0.29) is 17.7 Å². The first-order chi connectivity index (χ1) is 14.5. The van der Waals surface area contributed by atoms with E-state index in [0.717, 1.165) is 32.2 Å². The lowest BCUT2D eigenvalue weighted by Crippen LogP contribution is -2.56. The van der Waals surface area contributed by atoms with Crippen molar-refractivity contribution in [1.82, 2.24) is 24.6 Å². The van der Waals surface area contributed by atoms with Gasteiger partial charge in [0.1, 0.15) is 5.56 Å². The fraction of sp³-hybridized carbons (Fsp3) is 0.667. The summed E-state index contributed by atoms with van der Waals surface area (Å²) in [6, 6.07) is 2.34. The molecule has 1 aliphatic carbocycles. The van der Waals surface area contributed by atoms with E-state index in [1.165, 1.54) is 32.6 Å². The number of hydrogen-bond acceptors (Lipinski definition) is 6. The number of pyridine rings is 1. The lowest BCUT2D eigenvalue weighted by atomic mass is 9.91.